The summed E-state index contributed by atoms with van der Waals surface area (Å²) in [6.07, 6.45) is 3.68. The molecule has 86 valence electrons. The van der Waals surface area contributed by atoms with Crippen LogP contribution in [-0.4, -0.2) is 5.78 Å². The quantitative estimate of drug-likeness (QED) is 0.684. The van der Waals surface area contributed by atoms with Gasteiger partial charge in [-0.25, -0.2) is 0 Å². The van der Waals surface area contributed by atoms with Crippen molar-refractivity contribution in [1.29, 1.82) is 0 Å². The molecule has 0 aliphatic heterocycles. The number of ketones is 1. The molecule has 1 aromatic rings. The summed E-state index contributed by atoms with van der Waals surface area (Å²) >= 11 is 0. The van der Waals surface area contributed by atoms with E-state index in [0.29, 0.717) is 17.6 Å². The highest BCUT2D eigenvalue weighted by atomic mass is 16.1. The standard InChI is InChI=1S/C15H20O/c1-11-7-6-8-12(2)14(11)15(16)13-9-4-3-5-10-13/h3-5,9-12,14H,6-8H2,1-2H3/t11-,12+,14?. The van der Waals surface area contributed by atoms with Gasteiger partial charge in [-0.15, -0.1) is 0 Å². The maximum absolute atomic E-state index is 12.4. The van der Waals surface area contributed by atoms with Gasteiger partial charge >= 0.3 is 0 Å². The van der Waals surface area contributed by atoms with Crippen molar-refractivity contribution in [2.75, 3.05) is 0 Å². The van der Waals surface area contributed by atoms with Crippen molar-refractivity contribution in [3.63, 3.8) is 0 Å². The van der Waals surface area contributed by atoms with Crippen molar-refractivity contribution in [3.05, 3.63) is 35.9 Å². The molecule has 1 aliphatic rings. The summed E-state index contributed by atoms with van der Waals surface area (Å²) < 4.78 is 0. The fourth-order valence-corrected chi connectivity index (χ4v) is 2.99. The molecule has 16 heavy (non-hydrogen) atoms. The smallest absolute Gasteiger partial charge is 0.166 e. The molecule has 0 heterocycles. The Bertz CT molecular complexity index is 345. The van der Waals surface area contributed by atoms with Crippen LogP contribution in [0.1, 0.15) is 43.5 Å². The van der Waals surface area contributed by atoms with E-state index >= 15 is 0 Å². The molecule has 1 unspecified atom stereocenters. The molecule has 1 heteroatoms. The van der Waals surface area contributed by atoms with Crippen LogP contribution in [0.15, 0.2) is 30.3 Å². The SMILES string of the molecule is C[C@@H]1CCC[C@H](C)C1C(=O)c1ccccc1. The van der Waals surface area contributed by atoms with Gasteiger partial charge in [-0.05, 0) is 24.7 Å². The maximum Gasteiger partial charge on any atom is 0.166 e. The number of hydrogen-bond acceptors (Lipinski definition) is 1. The lowest BCUT2D eigenvalue weighted by Gasteiger charge is -2.33. The van der Waals surface area contributed by atoms with E-state index in [-0.39, 0.29) is 5.92 Å². The van der Waals surface area contributed by atoms with Crippen molar-refractivity contribution < 1.29 is 4.79 Å². The molecule has 0 N–H and O–H groups in total. The van der Waals surface area contributed by atoms with Crippen LogP contribution in [0.4, 0.5) is 0 Å². The van der Waals surface area contributed by atoms with E-state index in [2.05, 4.69) is 13.8 Å². The second-order valence-electron chi connectivity index (χ2n) is 5.14. The average molecular weight is 216 g/mol. The van der Waals surface area contributed by atoms with Crippen LogP contribution in [0, 0.1) is 17.8 Å². The first-order valence-electron chi connectivity index (χ1n) is 6.29. The van der Waals surface area contributed by atoms with Crippen LogP contribution in [0.3, 0.4) is 0 Å². The zero-order valence-electron chi connectivity index (χ0n) is 10.1. The predicted octanol–water partition coefficient (Wildman–Crippen LogP) is 3.94. The number of carbonyl (C=O) groups excluding carboxylic acids is 1. The topological polar surface area (TPSA) is 17.1 Å². The Kier molecular flexibility index (Phi) is 3.42. The highest BCUT2D eigenvalue weighted by Gasteiger charge is 2.33. The summed E-state index contributed by atoms with van der Waals surface area (Å²) in [5, 5.41) is 0. The molecule has 1 aromatic carbocycles. The second kappa shape index (κ2) is 4.82. The number of rotatable bonds is 2. The molecular formula is C15H20O. The highest BCUT2D eigenvalue weighted by Crippen LogP contribution is 2.36. The van der Waals surface area contributed by atoms with Crippen molar-refractivity contribution in [3.8, 4) is 0 Å². The summed E-state index contributed by atoms with van der Waals surface area (Å²) in [4.78, 5) is 12.4. The van der Waals surface area contributed by atoms with Crippen LogP contribution in [0.5, 0.6) is 0 Å². The van der Waals surface area contributed by atoms with E-state index in [1.807, 2.05) is 30.3 Å². The molecule has 1 saturated carbocycles. The fraction of sp³-hybridized carbons (Fsp3) is 0.533. The second-order valence-corrected chi connectivity index (χ2v) is 5.14. The summed E-state index contributed by atoms with van der Waals surface area (Å²) in [6.45, 7) is 4.45. The van der Waals surface area contributed by atoms with Gasteiger partial charge in [0.25, 0.3) is 0 Å². The highest BCUT2D eigenvalue weighted by molar-refractivity contribution is 5.98. The predicted molar refractivity (Wildman–Crippen MR) is 66.4 cm³/mol. The van der Waals surface area contributed by atoms with E-state index in [0.717, 1.165) is 5.56 Å². The zero-order chi connectivity index (χ0) is 11.5. The van der Waals surface area contributed by atoms with E-state index in [9.17, 15) is 4.79 Å². The van der Waals surface area contributed by atoms with Crippen LogP contribution in [0.2, 0.25) is 0 Å². The minimum Gasteiger partial charge on any atom is -0.294 e. The van der Waals surface area contributed by atoms with E-state index < -0.39 is 0 Å². The number of benzene rings is 1. The fourth-order valence-electron chi connectivity index (χ4n) is 2.99. The van der Waals surface area contributed by atoms with Crippen LogP contribution in [0.25, 0.3) is 0 Å². The van der Waals surface area contributed by atoms with Crippen LogP contribution < -0.4 is 0 Å². The summed E-state index contributed by atoms with van der Waals surface area (Å²) in [6, 6.07) is 9.74. The molecule has 0 radical (unpaired) electrons. The summed E-state index contributed by atoms with van der Waals surface area (Å²) in [5.41, 5.74) is 0.883. The monoisotopic (exact) mass is 216 g/mol. The Morgan fingerprint density at radius 3 is 2.19 bits per heavy atom. The third-order valence-electron chi connectivity index (χ3n) is 3.91. The molecule has 2 rings (SSSR count). The Labute approximate surface area is 97.9 Å². The maximum atomic E-state index is 12.4. The Hall–Kier alpha value is -1.11. The van der Waals surface area contributed by atoms with E-state index in [4.69, 9.17) is 0 Å². The molecule has 1 aliphatic carbocycles. The Morgan fingerprint density at radius 1 is 1.06 bits per heavy atom. The lowest BCUT2D eigenvalue weighted by Crippen LogP contribution is -2.31. The van der Waals surface area contributed by atoms with Crippen molar-refractivity contribution in [2.24, 2.45) is 17.8 Å². The number of hydrogen-bond donors (Lipinski definition) is 0. The van der Waals surface area contributed by atoms with E-state index in [1.54, 1.807) is 0 Å². The first kappa shape index (κ1) is 11.4. The largest absolute Gasteiger partial charge is 0.294 e. The molecule has 0 aromatic heterocycles. The van der Waals surface area contributed by atoms with Gasteiger partial charge in [-0.1, -0.05) is 50.6 Å². The minimum absolute atomic E-state index is 0.233. The van der Waals surface area contributed by atoms with Crippen molar-refractivity contribution in [1.82, 2.24) is 0 Å². The average Bonchev–Trinajstić information content (AvgIpc) is 2.30. The molecule has 1 fully saturated rings. The Balaban J connectivity index is 2.20. The van der Waals surface area contributed by atoms with Gasteiger partial charge in [-0.3, -0.25) is 4.79 Å². The van der Waals surface area contributed by atoms with Gasteiger partial charge < -0.3 is 0 Å². The molecular weight excluding hydrogens is 196 g/mol. The molecule has 0 spiro atoms. The number of Topliss-reactive ketones (excluding diaryl/α,β-unsaturated/α-hetero) is 1. The summed E-state index contributed by atoms with van der Waals surface area (Å²) in [5.74, 6) is 1.66. The molecule has 3 atom stereocenters. The lowest BCUT2D eigenvalue weighted by molar-refractivity contribution is 0.0757. The molecule has 0 saturated heterocycles. The zero-order valence-corrected chi connectivity index (χ0v) is 10.1. The molecule has 1 nitrogen and oxygen atoms in total. The van der Waals surface area contributed by atoms with Crippen LogP contribution >= 0.6 is 0 Å². The lowest BCUT2D eigenvalue weighted by atomic mass is 9.70. The van der Waals surface area contributed by atoms with Gasteiger partial charge in [0.05, 0.1) is 0 Å². The van der Waals surface area contributed by atoms with Gasteiger partial charge in [-0.2, -0.15) is 0 Å². The van der Waals surface area contributed by atoms with Crippen molar-refractivity contribution in [2.45, 2.75) is 33.1 Å². The van der Waals surface area contributed by atoms with Gasteiger partial charge in [0.15, 0.2) is 5.78 Å². The van der Waals surface area contributed by atoms with Crippen LogP contribution in [-0.2, 0) is 0 Å². The normalized spacial score (nSPS) is 30.0. The van der Waals surface area contributed by atoms with Gasteiger partial charge in [0.2, 0.25) is 0 Å². The molecule has 0 bridgehead atoms. The Morgan fingerprint density at radius 2 is 1.62 bits per heavy atom. The number of carbonyl (C=O) groups is 1. The minimum atomic E-state index is 0.233. The first-order chi connectivity index (χ1) is 7.70. The van der Waals surface area contributed by atoms with Crippen molar-refractivity contribution >= 4 is 5.78 Å². The van der Waals surface area contributed by atoms with Gasteiger partial charge in [0.1, 0.15) is 0 Å². The molecule has 0 amide bonds. The van der Waals surface area contributed by atoms with E-state index in [1.165, 1.54) is 19.3 Å². The van der Waals surface area contributed by atoms with Gasteiger partial charge in [0, 0.05) is 11.5 Å². The first-order valence-corrected chi connectivity index (χ1v) is 6.29. The third kappa shape index (κ3) is 2.18. The third-order valence-corrected chi connectivity index (χ3v) is 3.91. The summed E-state index contributed by atoms with van der Waals surface area (Å²) in [7, 11) is 0.